The quantitative estimate of drug-likeness (QED) is 0.560. The monoisotopic (exact) mass is 402 g/mol. The van der Waals surface area contributed by atoms with E-state index in [4.69, 9.17) is 33.4 Å². The highest BCUT2D eigenvalue weighted by Crippen LogP contribution is 2.26. The summed E-state index contributed by atoms with van der Waals surface area (Å²) in [6.07, 6.45) is 1.02. The van der Waals surface area contributed by atoms with Crippen LogP contribution >= 0.6 is 23.2 Å². The van der Waals surface area contributed by atoms with Crippen molar-refractivity contribution < 1.29 is 0 Å². The van der Waals surface area contributed by atoms with Crippen LogP contribution in [0.4, 0.5) is 0 Å². The molecule has 3 rings (SSSR count). The first kappa shape index (κ1) is 19.9. The lowest BCUT2D eigenvalue weighted by Crippen LogP contribution is -2.38. The van der Waals surface area contributed by atoms with E-state index in [1.165, 1.54) is 0 Å². The minimum absolute atomic E-state index is 0.0315. The van der Waals surface area contributed by atoms with E-state index in [1.54, 1.807) is 4.80 Å². The molecule has 142 valence electrons. The van der Waals surface area contributed by atoms with E-state index in [1.807, 2.05) is 48.5 Å². The second-order valence-electron chi connectivity index (χ2n) is 7.18. The lowest BCUT2D eigenvalue weighted by Gasteiger charge is -2.24. The summed E-state index contributed by atoms with van der Waals surface area (Å²) in [4.78, 5) is 1.67. The van der Waals surface area contributed by atoms with Crippen LogP contribution in [0.1, 0.15) is 38.4 Å². The molecule has 0 spiro atoms. The highest BCUT2D eigenvalue weighted by Gasteiger charge is 2.19. The Morgan fingerprint density at radius 3 is 2.26 bits per heavy atom. The van der Waals surface area contributed by atoms with Gasteiger partial charge in [-0.2, -0.15) is 15.0 Å². The smallest absolute Gasteiger partial charge is 0.117 e. The summed E-state index contributed by atoms with van der Waals surface area (Å²) in [6, 6.07) is 15.6. The Bertz CT molecular complexity index is 884. The van der Waals surface area contributed by atoms with E-state index in [-0.39, 0.29) is 5.54 Å². The Morgan fingerprint density at radius 2 is 1.63 bits per heavy atom. The normalized spacial score (nSPS) is 11.7. The van der Waals surface area contributed by atoms with Crippen molar-refractivity contribution in [3.63, 3.8) is 0 Å². The van der Waals surface area contributed by atoms with E-state index < -0.39 is 0 Å². The molecule has 0 aliphatic heterocycles. The lowest BCUT2D eigenvalue weighted by molar-refractivity contribution is 0.371. The van der Waals surface area contributed by atoms with Crippen LogP contribution in [0.3, 0.4) is 0 Å². The summed E-state index contributed by atoms with van der Waals surface area (Å²) in [5.74, 6) is 0. The van der Waals surface area contributed by atoms with Gasteiger partial charge in [0.2, 0.25) is 0 Å². The third-order valence-corrected chi connectivity index (χ3v) is 5.46. The van der Waals surface area contributed by atoms with Crippen molar-refractivity contribution >= 4 is 23.2 Å². The van der Waals surface area contributed by atoms with Crippen LogP contribution in [0, 0.1) is 0 Å². The molecule has 3 aromatic rings. The van der Waals surface area contributed by atoms with E-state index in [0.717, 1.165) is 28.9 Å². The predicted molar refractivity (Wildman–Crippen MR) is 112 cm³/mol. The van der Waals surface area contributed by atoms with E-state index in [2.05, 4.69) is 26.1 Å². The number of hydrogen-bond donors (Lipinski definition) is 1. The molecule has 0 aliphatic rings. The Balaban J connectivity index is 1.94. The van der Waals surface area contributed by atoms with Crippen molar-refractivity contribution in [2.45, 2.75) is 45.8 Å². The molecule has 0 bridgehead atoms. The molecule has 0 fully saturated rings. The predicted octanol–water partition coefficient (Wildman–Crippen LogP) is 5.58. The number of rotatable bonds is 7. The molecule has 0 atom stereocenters. The molecule has 4 nitrogen and oxygen atoms in total. The van der Waals surface area contributed by atoms with Crippen molar-refractivity contribution in [3.05, 3.63) is 69.8 Å². The van der Waals surface area contributed by atoms with Crippen LogP contribution in [0.2, 0.25) is 10.0 Å². The molecule has 1 heterocycles. The first-order valence-corrected chi connectivity index (χ1v) is 9.82. The summed E-state index contributed by atoms with van der Waals surface area (Å²) in [5, 5.41) is 14.3. The number of halogens is 2. The molecule has 0 aliphatic carbocycles. The molecule has 2 aromatic carbocycles. The zero-order valence-corrected chi connectivity index (χ0v) is 17.3. The molecule has 0 radical (unpaired) electrons. The van der Waals surface area contributed by atoms with Gasteiger partial charge < -0.3 is 5.32 Å². The second kappa shape index (κ2) is 8.42. The maximum absolute atomic E-state index is 6.32. The van der Waals surface area contributed by atoms with Crippen molar-refractivity contribution in [3.8, 4) is 11.3 Å². The molecule has 27 heavy (non-hydrogen) atoms. The average molecular weight is 403 g/mol. The van der Waals surface area contributed by atoms with Gasteiger partial charge in [-0.3, -0.25) is 0 Å². The molecule has 6 heteroatoms. The van der Waals surface area contributed by atoms with Crippen molar-refractivity contribution in [1.82, 2.24) is 20.3 Å². The summed E-state index contributed by atoms with van der Waals surface area (Å²) >= 11 is 12.6. The van der Waals surface area contributed by atoms with Crippen LogP contribution in [0.25, 0.3) is 11.3 Å². The molecular weight excluding hydrogens is 379 g/mol. The van der Waals surface area contributed by atoms with Crippen molar-refractivity contribution in [2.75, 3.05) is 0 Å². The van der Waals surface area contributed by atoms with Gasteiger partial charge in [-0.05, 0) is 32.4 Å². The fraction of sp³-hybridized carbons (Fsp3) is 0.333. The first-order chi connectivity index (χ1) is 12.9. The van der Waals surface area contributed by atoms with Crippen molar-refractivity contribution in [2.24, 2.45) is 0 Å². The second-order valence-corrected chi connectivity index (χ2v) is 8.00. The zero-order valence-electron chi connectivity index (χ0n) is 15.8. The number of benzene rings is 2. The molecule has 1 aromatic heterocycles. The summed E-state index contributed by atoms with van der Waals surface area (Å²) in [7, 11) is 0. The lowest BCUT2D eigenvalue weighted by atomic mass is 10.0. The number of nitrogens with zero attached hydrogens (tertiary/aromatic N) is 3. The molecule has 0 amide bonds. The fourth-order valence-corrected chi connectivity index (χ4v) is 3.18. The van der Waals surface area contributed by atoms with Crippen molar-refractivity contribution in [1.29, 1.82) is 0 Å². The SMILES string of the molecule is CCC(C)(C)NCc1nn(Cc2c(Cl)cccc2Cl)nc1-c1ccccc1. The highest BCUT2D eigenvalue weighted by atomic mass is 35.5. The Kier molecular flexibility index (Phi) is 6.20. The van der Waals surface area contributed by atoms with Gasteiger partial charge in [-0.1, -0.05) is 66.5 Å². The van der Waals surface area contributed by atoms with Gasteiger partial charge in [-0.25, -0.2) is 0 Å². The molecule has 0 saturated carbocycles. The standard InChI is InChI=1S/C21H24Cl2N4/c1-4-21(2,3)24-13-19-20(15-9-6-5-7-10-15)26-27(25-19)14-16-17(22)11-8-12-18(16)23/h5-12,24H,4,13-14H2,1-3H3. The summed E-state index contributed by atoms with van der Waals surface area (Å²) < 4.78 is 0. The first-order valence-electron chi connectivity index (χ1n) is 9.07. The number of nitrogens with one attached hydrogen (secondary N) is 1. The molecular formula is C21H24Cl2N4. The largest absolute Gasteiger partial charge is 0.306 e. The summed E-state index contributed by atoms with van der Waals surface area (Å²) in [5.41, 5.74) is 3.68. The van der Waals surface area contributed by atoms with Gasteiger partial charge in [0, 0.05) is 33.3 Å². The third-order valence-electron chi connectivity index (χ3n) is 4.75. The number of aromatic nitrogens is 3. The Hall–Kier alpha value is -1.88. The molecule has 1 N–H and O–H groups in total. The minimum Gasteiger partial charge on any atom is -0.306 e. The Morgan fingerprint density at radius 1 is 0.963 bits per heavy atom. The van der Waals surface area contributed by atoms with Crippen LogP contribution in [-0.2, 0) is 13.1 Å². The van der Waals surface area contributed by atoms with Crippen LogP contribution in [0.15, 0.2) is 48.5 Å². The van der Waals surface area contributed by atoms with Crippen LogP contribution in [-0.4, -0.2) is 20.5 Å². The molecule has 0 unspecified atom stereocenters. The van der Waals surface area contributed by atoms with Crippen LogP contribution in [0.5, 0.6) is 0 Å². The maximum atomic E-state index is 6.32. The zero-order chi connectivity index (χ0) is 19.4. The topological polar surface area (TPSA) is 42.7 Å². The van der Waals surface area contributed by atoms with Gasteiger partial charge in [0.25, 0.3) is 0 Å². The maximum Gasteiger partial charge on any atom is 0.117 e. The van der Waals surface area contributed by atoms with Gasteiger partial charge in [0.1, 0.15) is 11.4 Å². The summed E-state index contributed by atoms with van der Waals surface area (Å²) in [6.45, 7) is 7.60. The van der Waals surface area contributed by atoms with Gasteiger partial charge in [0.15, 0.2) is 0 Å². The average Bonchev–Trinajstić information content (AvgIpc) is 3.07. The minimum atomic E-state index is 0.0315. The fourth-order valence-electron chi connectivity index (χ4n) is 2.67. The van der Waals surface area contributed by atoms with E-state index in [9.17, 15) is 0 Å². The van der Waals surface area contributed by atoms with E-state index >= 15 is 0 Å². The molecule has 0 saturated heterocycles. The van der Waals surface area contributed by atoms with E-state index in [0.29, 0.717) is 23.1 Å². The number of hydrogen-bond acceptors (Lipinski definition) is 3. The third kappa shape index (κ3) is 4.89. The highest BCUT2D eigenvalue weighted by molar-refractivity contribution is 6.35. The van der Waals surface area contributed by atoms with Gasteiger partial charge in [0.05, 0.1) is 6.54 Å². The van der Waals surface area contributed by atoms with Gasteiger partial charge >= 0.3 is 0 Å². The van der Waals surface area contributed by atoms with Gasteiger partial charge in [-0.15, -0.1) is 0 Å². The van der Waals surface area contributed by atoms with Crippen LogP contribution < -0.4 is 5.32 Å². The Labute approximate surface area is 170 Å².